The second kappa shape index (κ2) is 8.36. The molecule has 0 N–H and O–H groups in total. The van der Waals surface area contributed by atoms with Gasteiger partial charge >= 0.3 is 0 Å². The molecule has 0 unspecified atom stereocenters. The number of piperazine rings is 1. The normalized spacial score (nSPS) is 14.2. The Hall–Kier alpha value is -2.34. The Balaban J connectivity index is 1.59. The smallest absolute Gasteiger partial charge is 0.254 e. The first-order valence-electron chi connectivity index (χ1n) is 8.65. The number of rotatable bonds is 4. The maximum absolute atomic E-state index is 12.6. The van der Waals surface area contributed by atoms with Crippen LogP contribution in [0.15, 0.2) is 53.0 Å². The Labute approximate surface area is 161 Å². The quantitative estimate of drug-likeness (QED) is 0.766. The van der Waals surface area contributed by atoms with E-state index in [4.69, 9.17) is 4.74 Å². The SMILES string of the molecule is CCOc1ccc(C(=O)N2CCN(C(=O)c3cccc(Br)c3)CC2)cc1. The molecular weight excluding hydrogens is 396 g/mol. The number of carbonyl (C=O) groups excluding carboxylic acids is 2. The van der Waals surface area contributed by atoms with Crippen molar-refractivity contribution in [3.05, 3.63) is 64.1 Å². The van der Waals surface area contributed by atoms with Crippen LogP contribution >= 0.6 is 15.9 Å². The van der Waals surface area contributed by atoms with Crippen molar-refractivity contribution >= 4 is 27.7 Å². The summed E-state index contributed by atoms with van der Waals surface area (Å²) in [5.41, 5.74) is 1.30. The third-order valence-electron chi connectivity index (χ3n) is 4.34. The summed E-state index contributed by atoms with van der Waals surface area (Å²) in [4.78, 5) is 28.8. The van der Waals surface area contributed by atoms with Gasteiger partial charge in [0.1, 0.15) is 5.75 Å². The molecule has 0 aliphatic carbocycles. The highest BCUT2D eigenvalue weighted by atomic mass is 79.9. The van der Waals surface area contributed by atoms with Gasteiger partial charge in [0.05, 0.1) is 6.61 Å². The number of benzene rings is 2. The predicted octanol–water partition coefficient (Wildman–Crippen LogP) is 3.45. The zero-order valence-electron chi connectivity index (χ0n) is 14.7. The minimum atomic E-state index is -0.0115. The standard InChI is InChI=1S/C20H21BrN2O3/c1-2-26-18-8-6-15(7-9-18)19(24)22-10-12-23(13-11-22)20(25)16-4-3-5-17(21)14-16/h3-9,14H,2,10-13H2,1H3. The third kappa shape index (κ3) is 4.25. The lowest BCUT2D eigenvalue weighted by molar-refractivity contribution is 0.0535. The Morgan fingerprint density at radius 1 is 0.923 bits per heavy atom. The van der Waals surface area contributed by atoms with E-state index in [0.29, 0.717) is 43.9 Å². The minimum Gasteiger partial charge on any atom is -0.494 e. The predicted molar refractivity (Wildman–Crippen MR) is 104 cm³/mol. The summed E-state index contributed by atoms with van der Waals surface area (Å²) >= 11 is 3.39. The van der Waals surface area contributed by atoms with E-state index in [-0.39, 0.29) is 11.8 Å². The van der Waals surface area contributed by atoms with Crippen molar-refractivity contribution in [3.8, 4) is 5.75 Å². The summed E-state index contributed by atoms with van der Waals surface area (Å²) in [7, 11) is 0. The van der Waals surface area contributed by atoms with E-state index in [0.717, 1.165) is 10.2 Å². The van der Waals surface area contributed by atoms with Crippen molar-refractivity contribution < 1.29 is 14.3 Å². The van der Waals surface area contributed by atoms with Crippen LogP contribution in [0.25, 0.3) is 0 Å². The number of halogens is 1. The van der Waals surface area contributed by atoms with Crippen LogP contribution in [-0.2, 0) is 0 Å². The monoisotopic (exact) mass is 416 g/mol. The van der Waals surface area contributed by atoms with Crippen LogP contribution in [-0.4, -0.2) is 54.4 Å². The van der Waals surface area contributed by atoms with E-state index in [1.165, 1.54) is 0 Å². The van der Waals surface area contributed by atoms with Gasteiger partial charge in [-0.25, -0.2) is 0 Å². The molecule has 5 nitrogen and oxygen atoms in total. The van der Waals surface area contributed by atoms with E-state index in [9.17, 15) is 9.59 Å². The maximum atomic E-state index is 12.6. The van der Waals surface area contributed by atoms with Crippen LogP contribution < -0.4 is 4.74 Å². The fourth-order valence-electron chi connectivity index (χ4n) is 2.96. The fourth-order valence-corrected chi connectivity index (χ4v) is 3.36. The Morgan fingerprint density at radius 2 is 1.50 bits per heavy atom. The summed E-state index contributed by atoms with van der Waals surface area (Å²) in [6.45, 7) is 4.66. The van der Waals surface area contributed by atoms with Crippen molar-refractivity contribution in [2.75, 3.05) is 32.8 Å². The van der Waals surface area contributed by atoms with E-state index in [1.54, 1.807) is 21.9 Å². The molecule has 0 atom stereocenters. The molecule has 1 saturated heterocycles. The maximum Gasteiger partial charge on any atom is 0.254 e. The number of hydrogen-bond donors (Lipinski definition) is 0. The molecule has 136 valence electrons. The van der Waals surface area contributed by atoms with E-state index in [2.05, 4.69) is 15.9 Å². The van der Waals surface area contributed by atoms with E-state index in [1.807, 2.05) is 43.3 Å². The molecular formula is C20H21BrN2O3. The average molecular weight is 417 g/mol. The molecule has 1 fully saturated rings. The van der Waals surface area contributed by atoms with Crippen molar-refractivity contribution in [1.29, 1.82) is 0 Å². The number of ether oxygens (including phenoxy) is 1. The van der Waals surface area contributed by atoms with Gasteiger partial charge in [0.15, 0.2) is 0 Å². The molecule has 0 radical (unpaired) electrons. The molecule has 2 aromatic rings. The summed E-state index contributed by atoms with van der Waals surface area (Å²) in [5.74, 6) is 0.746. The highest BCUT2D eigenvalue weighted by molar-refractivity contribution is 9.10. The molecule has 0 saturated carbocycles. The summed E-state index contributed by atoms with van der Waals surface area (Å²) in [6.07, 6.45) is 0. The summed E-state index contributed by atoms with van der Waals surface area (Å²) in [5, 5.41) is 0. The van der Waals surface area contributed by atoms with Crippen molar-refractivity contribution in [2.24, 2.45) is 0 Å². The second-order valence-electron chi connectivity index (χ2n) is 6.05. The number of hydrogen-bond acceptors (Lipinski definition) is 3. The van der Waals surface area contributed by atoms with Gasteiger partial charge in [0, 0.05) is 41.8 Å². The van der Waals surface area contributed by atoms with Crippen LogP contribution in [0.3, 0.4) is 0 Å². The Bertz CT molecular complexity index is 784. The molecule has 26 heavy (non-hydrogen) atoms. The van der Waals surface area contributed by atoms with Gasteiger partial charge in [-0.3, -0.25) is 9.59 Å². The largest absolute Gasteiger partial charge is 0.494 e. The first kappa shape index (κ1) is 18.5. The molecule has 1 aliphatic rings. The first-order valence-corrected chi connectivity index (χ1v) is 9.44. The lowest BCUT2D eigenvalue weighted by Gasteiger charge is -2.35. The molecule has 2 amide bonds. The zero-order chi connectivity index (χ0) is 18.5. The topological polar surface area (TPSA) is 49.9 Å². The average Bonchev–Trinajstić information content (AvgIpc) is 2.68. The van der Waals surface area contributed by atoms with Gasteiger partial charge in [-0.1, -0.05) is 22.0 Å². The molecule has 3 rings (SSSR count). The molecule has 6 heteroatoms. The molecule has 1 heterocycles. The number of amides is 2. The molecule has 0 spiro atoms. The summed E-state index contributed by atoms with van der Waals surface area (Å²) in [6, 6.07) is 14.6. The third-order valence-corrected chi connectivity index (χ3v) is 4.83. The molecule has 2 aromatic carbocycles. The highest BCUT2D eigenvalue weighted by Crippen LogP contribution is 2.17. The zero-order valence-corrected chi connectivity index (χ0v) is 16.2. The number of carbonyl (C=O) groups is 2. The lowest BCUT2D eigenvalue weighted by atomic mass is 10.1. The molecule has 1 aliphatic heterocycles. The lowest BCUT2D eigenvalue weighted by Crippen LogP contribution is -2.50. The minimum absolute atomic E-state index is 0.000494. The fraction of sp³-hybridized carbons (Fsp3) is 0.300. The second-order valence-corrected chi connectivity index (χ2v) is 6.97. The van der Waals surface area contributed by atoms with Gasteiger partial charge in [-0.05, 0) is 49.4 Å². The van der Waals surface area contributed by atoms with Gasteiger partial charge in [0.2, 0.25) is 0 Å². The van der Waals surface area contributed by atoms with Crippen LogP contribution in [0.5, 0.6) is 5.75 Å². The van der Waals surface area contributed by atoms with Gasteiger partial charge in [-0.2, -0.15) is 0 Å². The van der Waals surface area contributed by atoms with Gasteiger partial charge < -0.3 is 14.5 Å². The van der Waals surface area contributed by atoms with Crippen LogP contribution in [0, 0.1) is 0 Å². The van der Waals surface area contributed by atoms with Crippen molar-refractivity contribution in [2.45, 2.75) is 6.92 Å². The van der Waals surface area contributed by atoms with E-state index < -0.39 is 0 Å². The van der Waals surface area contributed by atoms with Crippen molar-refractivity contribution in [1.82, 2.24) is 9.80 Å². The Morgan fingerprint density at radius 3 is 2.04 bits per heavy atom. The van der Waals surface area contributed by atoms with E-state index >= 15 is 0 Å². The molecule has 0 aromatic heterocycles. The van der Waals surface area contributed by atoms with Crippen LogP contribution in [0.4, 0.5) is 0 Å². The van der Waals surface area contributed by atoms with Crippen LogP contribution in [0.1, 0.15) is 27.6 Å². The molecule has 0 bridgehead atoms. The van der Waals surface area contributed by atoms with Crippen LogP contribution in [0.2, 0.25) is 0 Å². The first-order chi connectivity index (χ1) is 12.6. The summed E-state index contributed by atoms with van der Waals surface area (Å²) < 4.78 is 6.29. The van der Waals surface area contributed by atoms with Gasteiger partial charge in [-0.15, -0.1) is 0 Å². The number of nitrogens with zero attached hydrogens (tertiary/aromatic N) is 2. The highest BCUT2D eigenvalue weighted by Gasteiger charge is 2.25. The Kier molecular flexibility index (Phi) is 5.93. The van der Waals surface area contributed by atoms with Gasteiger partial charge in [0.25, 0.3) is 11.8 Å². The van der Waals surface area contributed by atoms with Crippen molar-refractivity contribution in [3.63, 3.8) is 0 Å².